The van der Waals surface area contributed by atoms with Crippen molar-refractivity contribution in [2.45, 2.75) is 25.2 Å². The van der Waals surface area contributed by atoms with E-state index < -0.39 is 0 Å². The highest BCUT2D eigenvalue weighted by Crippen LogP contribution is 2.35. The fourth-order valence-corrected chi connectivity index (χ4v) is 1.91. The molecule has 0 aliphatic carbocycles. The van der Waals surface area contributed by atoms with Crippen LogP contribution in [0.25, 0.3) is 0 Å². The van der Waals surface area contributed by atoms with Gasteiger partial charge < -0.3 is 9.47 Å². The molecule has 0 N–H and O–H groups in total. The van der Waals surface area contributed by atoms with Crippen LogP contribution in [0.4, 0.5) is 0 Å². The normalized spacial score (nSPS) is 27.0. The monoisotopic (exact) mass is 280 g/mol. The number of epoxide rings is 1. The van der Waals surface area contributed by atoms with Gasteiger partial charge in [0, 0.05) is 15.9 Å². The molecule has 16 heavy (non-hydrogen) atoms. The SMILES string of the molecule is C[C@@]1(C#CBr)O[C@@H]1COCc1ccccc1. The molecule has 1 aliphatic heterocycles. The summed E-state index contributed by atoms with van der Waals surface area (Å²) in [6, 6.07) is 10.1. The first kappa shape index (κ1) is 11.7. The van der Waals surface area contributed by atoms with Crippen molar-refractivity contribution in [3.63, 3.8) is 0 Å². The molecular weight excluding hydrogens is 268 g/mol. The van der Waals surface area contributed by atoms with Crippen molar-refractivity contribution in [3.05, 3.63) is 35.9 Å². The van der Waals surface area contributed by atoms with E-state index in [0.717, 1.165) is 0 Å². The van der Waals surface area contributed by atoms with Crippen molar-refractivity contribution in [2.75, 3.05) is 6.61 Å². The summed E-state index contributed by atoms with van der Waals surface area (Å²) in [5.74, 6) is 2.96. The van der Waals surface area contributed by atoms with E-state index in [1.165, 1.54) is 5.56 Å². The van der Waals surface area contributed by atoms with Crippen LogP contribution in [0, 0.1) is 10.8 Å². The lowest BCUT2D eigenvalue weighted by molar-refractivity contribution is 0.104. The minimum absolute atomic E-state index is 0.0984. The third-order valence-electron chi connectivity index (χ3n) is 2.62. The standard InChI is InChI=1S/C13H13BrO2/c1-13(7-8-14)12(16-13)10-15-9-11-5-3-2-4-6-11/h2-6,12H,9-10H2,1H3/t12-,13+/m1/s1. The van der Waals surface area contributed by atoms with Gasteiger partial charge in [0.15, 0.2) is 5.60 Å². The van der Waals surface area contributed by atoms with Gasteiger partial charge in [-0.1, -0.05) is 36.3 Å². The molecule has 2 nitrogen and oxygen atoms in total. The first-order chi connectivity index (χ1) is 7.74. The zero-order valence-corrected chi connectivity index (χ0v) is 10.7. The molecule has 0 aromatic heterocycles. The lowest BCUT2D eigenvalue weighted by Crippen LogP contribution is -2.12. The lowest BCUT2D eigenvalue weighted by Gasteiger charge is -2.02. The van der Waals surface area contributed by atoms with Crippen LogP contribution < -0.4 is 0 Å². The number of benzene rings is 1. The van der Waals surface area contributed by atoms with Crippen molar-refractivity contribution in [1.82, 2.24) is 0 Å². The van der Waals surface area contributed by atoms with Crippen molar-refractivity contribution in [1.29, 1.82) is 0 Å². The van der Waals surface area contributed by atoms with Crippen LogP contribution in [-0.2, 0) is 16.1 Å². The maximum absolute atomic E-state index is 5.58. The fraction of sp³-hybridized carbons (Fsp3) is 0.385. The zero-order valence-electron chi connectivity index (χ0n) is 9.07. The average molecular weight is 281 g/mol. The quantitative estimate of drug-likeness (QED) is 0.625. The van der Waals surface area contributed by atoms with Crippen molar-refractivity contribution >= 4 is 15.9 Å². The molecule has 3 heteroatoms. The van der Waals surface area contributed by atoms with E-state index in [0.29, 0.717) is 13.2 Å². The molecule has 1 saturated heterocycles. The topological polar surface area (TPSA) is 21.8 Å². The van der Waals surface area contributed by atoms with Gasteiger partial charge >= 0.3 is 0 Å². The average Bonchev–Trinajstić information content (AvgIpc) is 2.91. The van der Waals surface area contributed by atoms with E-state index >= 15 is 0 Å². The van der Waals surface area contributed by atoms with E-state index in [1.54, 1.807) is 0 Å². The Morgan fingerprint density at radius 3 is 2.88 bits per heavy atom. The second-order valence-electron chi connectivity index (χ2n) is 3.93. The number of ether oxygens (including phenoxy) is 2. The summed E-state index contributed by atoms with van der Waals surface area (Å²) in [7, 11) is 0. The van der Waals surface area contributed by atoms with Gasteiger partial charge in [-0.2, -0.15) is 0 Å². The Balaban J connectivity index is 1.72. The van der Waals surface area contributed by atoms with Crippen LogP contribution in [0.2, 0.25) is 0 Å². The van der Waals surface area contributed by atoms with Gasteiger partial charge in [0.2, 0.25) is 0 Å². The molecular formula is C13H13BrO2. The summed E-state index contributed by atoms with van der Waals surface area (Å²) in [4.78, 5) is 2.69. The van der Waals surface area contributed by atoms with Crippen LogP contribution in [0.3, 0.4) is 0 Å². The second-order valence-corrected chi connectivity index (χ2v) is 4.33. The minimum atomic E-state index is -0.319. The molecule has 1 aromatic rings. The van der Waals surface area contributed by atoms with E-state index in [9.17, 15) is 0 Å². The number of hydrogen-bond donors (Lipinski definition) is 0. The van der Waals surface area contributed by atoms with Crippen LogP contribution in [-0.4, -0.2) is 18.3 Å². The van der Waals surface area contributed by atoms with Gasteiger partial charge in [-0.25, -0.2) is 0 Å². The number of halogens is 1. The van der Waals surface area contributed by atoms with Crippen molar-refractivity contribution < 1.29 is 9.47 Å². The van der Waals surface area contributed by atoms with E-state index in [2.05, 4.69) is 26.7 Å². The highest BCUT2D eigenvalue weighted by Gasteiger charge is 2.51. The smallest absolute Gasteiger partial charge is 0.155 e. The van der Waals surface area contributed by atoms with Gasteiger partial charge in [-0.15, -0.1) is 0 Å². The molecule has 0 radical (unpaired) electrons. The predicted molar refractivity (Wildman–Crippen MR) is 66.1 cm³/mol. The summed E-state index contributed by atoms with van der Waals surface area (Å²) < 4.78 is 11.0. The summed E-state index contributed by atoms with van der Waals surface area (Å²) in [6.45, 7) is 3.18. The molecule has 0 unspecified atom stereocenters. The Labute approximate surface area is 104 Å². The number of rotatable bonds is 4. The van der Waals surface area contributed by atoms with Crippen LogP contribution >= 0.6 is 15.9 Å². The summed E-state index contributed by atoms with van der Waals surface area (Å²) >= 11 is 3.08. The van der Waals surface area contributed by atoms with Gasteiger partial charge in [0.25, 0.3) is 0 Å². The van der Waals surface area contributed by atoms with Crippen LogP contribution in [0.5, 0.6) is 0 Å². The number of hydrogen-bond acceptors (Lipinski definition) is 2. The van der Waals surface area contributed by atoms with Crippen molar-refractivity contribution in [2.24, 2.45) is 0 Å². The molecule has 0 saturated carbocycles. The van der Waals surface area contributed by atoms with Gasteiger partial charge in [0.05, 0.1) is 13.2 Å². The molecule has 1 aromatic carbocycles. The maximum atomic E-state index is 5.58. The van der Waals surface area contributed by atoms with E-state index in [4.69, 9.17) is 9.47 Å². The largest absolute Gasteiger partial charge is 0.374 e. The molecule has 0 spiro atoms. The highest BCUT2D eigenvalue weighted by molar-refractivity contribution is 9.12. The summed E-state index contributed by atoms with van der Waals surface area (Å²) in [5.41, 5.74) is 0.858. The Bertz CT molecular complexity index is 407. The van der Waals surface area contributed by atoms with E-state index in [1.807, 2.05) is 37.3 Å². The molecule has 84 valence electrons. The van der Waals surface area contributed by atoms with Gasteiger partial charge in [-0.05, 0) is 17.3 Å². The second kappa shape index (κ2) is 5.01. The van der Waals surface area contributed by atoms with E-state index in [-0.39, 0.29) is 11.7 Å². The third-order valence-corrected chi connectivity index (χ3v) is 2.82. The Morgan fingerprint density at radius 1 is 1.44 bits per heavy atom. The molecule has 2 atom stereocenters. The van der Waals surface area contributed by atoms with Gasteiger partial charge in [-0.3, -0.25) is 0 Å². The molecule has 1 heterocycles. The minimum Gasteiger partial charge on any atom is -0.374 e. The molecule has 1 aliphatic rings. The fourth-order valence-electron chi connectivity index (χ4n) is 1.52. The first-order valence-corrected chi connectivity index (χ1v) is 5.96. The highest BCUT2D eigenvalue weighted by atomic mass is 79.9. The molecule has 2 rings (SSSR count). The molecule has 0 amide bonds. The van der Waals surface area contributed by atoms with Gasteiger partial charge in [0.1, 0.15) is 6.10 Å². The Kier molecular flexibility index (Phi) is 3.65. The van der Waals surface area contributed by atoms with Crippen molar-refractivity contribution in [3.8, 4) is 10.8 Å². The third kappa shape index (κ3) is 2.85. The lowest BCUT2D eigenvalue weighted by atomic mass is 10.1. The zero-order chi connectivity index (χ0) is 11.4. The Morgan fingerprint density at radius 2 is 2.19 bits per heavy atom. The summed E-state index contributed by atoms with van der Waals surface area (Å²) in [6.07, 6.45) is 0.0984. The predicted octanol–water partition coefficient (Wildman–Crippen LogP) is 2.72. The Hall–Kier alpha value is -0.820. The van der Waals surface area contributed by atoms with Crippen LogP contribution in [0.15, 0.2) is 30.3 Å². The molecule has 1 fully saturated rings. The molecule has 0 bridgehead atoms. The van der Waals surface area contributed by atoms with Crippen LogP contribution in [0.1, 0.15) is 12.5 Å². The summed E-state index contributed by atoms with van der Waals surface area (Å²) in [5, 5.41) is 0. The maximum Gasteiger partial charge on any atom is 0.155 e. The first-order valence-electron chi connectivity index (χ1n) is 5.17.